The average Bonchev–Trinajstić information content (AvgIpc) is 3.10. The van der Waals surface area contributed by atoms with Crippen LogP contribution in [0.5, 0.6) is 0 Å². The summed E-state index contributed by atoms with van der Waals surface area (Å²) in [6.07, 6.45) is 4.89. The molecule has 1 fully saturated rings. The first-order chi connectivity index (χ1) is 9.83. The number of hydrogen-bond acceptors (Lipinski definition) is 3. The number of hydrogen-bond donors (Lipinski definition) is 1. The van der Waals surface area contributed by atoms with Crippen LogP contribution in [0.25, 0.3) is 0 Å². The molecule has 1 aliphatic rings. The molecule has 4 heteroatoms. The molecule has 1 unspecified atom stereocenters. The molecule has 0 aliphatic heterocycles. The van der Waals surface area contributed by atoms with E-state index in [0.717, 1.165) is 12.0 Å². The highest BCUT2D eigenvalue weighted by atomic mass is 32.1. The Morgan fingerprint density at radius 3 is 2.62 bits per heavy atom. The molecule has 2 heterocycles. The Kier molecular flexibility index (Phi) is 3.17. The number of rotatable bonds is 3. The van der Waals surface area contributed by atoms with E-state index in [1.807, 2.05) is 30.6 Å². The summed E-state index contributed by atoms with van der Waals surface area (Å²) in [5.41, 5.74) is 0.903. The Hall–Kier alpha value is -1.68. The quantitative estimate of drug-likeness (QED) is 0.873. The first-order valence-electron chi connectivity index (χ1n) is 7.12. The fourth-order valence-corrected chi connectivity index (χ4v) is 4.22. The van der Waals surface area contributed by atoms with Gasteiger partial charge < -0.3 is 4.98 Å². The van der Waals surface area contributed by atoms with Gasteiger partial charge in [0.15, 0.2) is 0 Å². The normalized spacial score (nSPS) is 24.4. The number of H-pyrrole nitrogens is 1. The number of thiophene rings is 1. The Morgan fingerprint density at radius 1 is 1.29 bits per heavy atom. The van der Waals surface area contributed by atoms with Crippen molar-refractivity contribution in [3.05, 3.63) is 45.9 Å². The molecule has 0 amide bonds. The van der Waals surface area contributed by atoms with Crippen LogP contribution in [0, 0.1) is 5.41 Å². The van der Waals surface area contributed by atoms with Crippen molar-refractivity contribution in [1.82, 2.24) is 4.98 Å². The smallest absolute Gasteiger partial charge is 0.204 e. The van der Waals surface area contributed by atoms with Gasteiger partial charge in [-0.2, -0.15) is 0 Å². The van der Waals surface area contributed by atoms with E-state index >= 15 is 0 Å². The van der Waals surface area contributed by atoms with Crippen LogP contribution in [0.4, 0.5) is 0 Å². The molecule has 1 aliphatic carbocycles. The van der Waals surface area contributed by atoms with Crippen molar-refractivity contribution in [1.29, 1.82) is 0 Å². The van der Waals surface area contributed by atoms with Crippen LogP contribution in [-0.4, -0.2) is 16.6 Å². The van der Waals surface area contributed by atoms with Gasteiger partial charge >= 0.3 is 0 Å². The van der Waals surface area contributed by atoms with E-state index < -0.39 is 5.41 Å². The molecule has 2 aromatic heterocycles. The molecule has 2 aromatic rings. The van der Waals surface area contributed by atoms with E-state index in [-0.39, 0.29) is 17.0 Å². The third-order valence-electron chi connectivity index (χ3n) is 4.42. The van der Waals surface area contributed by atoms with E-state index in [1.54, 1.807) is 6.20 Å². The highest BCUT2D eigenvalue weighted by molar-refractivity contribution is 7.12. The van der Waals surface area contributed by atoms with Crippen molar-refractivity contribution in [3.8, 4) is 0 Å². The number of nitrogens with one attached hydrogen (secondary N) is 1. The van der Waals surface area contributed by atoms with Gasteiger partial charge in [0.05, 0.1) is 10.3 Å². The first kappa shape index (κ1) is 14.3. The largest absolute Gasteiger partial charge is 0.367 e. The number of carbonyl (C=O) groups excluding carboxylic acids is 2. The number of ketones is 2. The highest BCUT2D eigenvalue weighted by Crippen LogP contribution is 2.48. The minimum absolute atomic E-state index is 0.0000175. The third-order valence-corrected chi connectivity index (χ3v) is 5.28. The lowest BCUT2D eigenvalue weighted by molar-refractivity contribution is -0.121. The SMILES string of the molecule is CC1(C)CC(=O)C(C)(c2c[nH]cc2C(=O)c2cccs2)C1. The standard InChI is InChI=1S/C17H19NO2S/c1-16(2)7-14(19)17(3,10-16)12-9-18-8-11(12)15(20)13-5-4-6-21-13/h4-6,8-9,18H,7,10H2,1-3H3. The predicted octanol–water partition coefficient (Wildman–Crippen LogP) is 3.95. The van der Waals surface area contributed by atoms with Crippen molar-refractivity contribution in [2.75, 3.05) is 0 Å². The number of Topliss-reactive ketones (excluding diaryl/α,β-unsaturated/α-hetero) is 1. The zero-order valence-electron chi connectivity index (χ0n) is 12.5. The van der Waals surface area contributed by atoms with Crippen molar-refractivity contribution in [2.45, 2.75) is 39.0 Å². The van der Waals surface area contributed by atoms with Crippen LogP contribution in [-0.2, 0) is 10.2 Å². The second kappa shape index (κ2) is 4.67. The van der Waals surface area contributed by atoms with Crippen LogP contribution in [0.1, 0.15) is 54.4 Å². The summed E-state index contributed by atoms with van der Waals surface area (Å²) in [6.45, 7) is 6.20. The number of aromatic amines is 1. The predicted molar refractivity (Wildman–Crippen MR) is 83.9 cm³/mol. The molecule has 0 aromatic carbocycles. The minimum Gasteiger partial charge on any atom is -0.367 e. The van der Waals surface area contributed by atoms with E-state index in [0.29, 0.717) is 16.9 Å². The molecule has 110 valence electrons. The Balaban J connectivity index is 2.04. The summed E-state index contributed by atoms with van der Waals surface area (Å²) in [6, 6.07) is 3.70. The summed E-state index contributed by atoms with van der Waals surface area (Å²) in [5.74, 6) is 0.229. The molecule has 0 radical (unpaired) electrons. The molecule has 1 saturated carbocycles. The first-order valence-corrected chi connectivity index (χ1v) is 8.00. The molecule has 3 rings (SSSR count). The van der Waals surface area contributed by atoms with Crippen molar-refractivity contribution >= 4 is 22.9 Å². The maximum atomic E-state index is 12.6. The molecule has 1 atom stereocenters. The molecular formula is C17H19NO2S. The summed E-state index contributed by atoms with van der Waals surface area (Å²) in [7, 11) is 0. The zero-order chi connectivity index (χ0) is 15.3. The summed E-state index contributed by atoms with van der Waals surface area (Å²) in [5, 5.41) is 1.89. The van der Waals surface area contributed by atoms with Crippen LogP contribution in [0.2, 0.25) is 0 Å². The Morgan fingerprint density at radius 2 is 2.05 bits per heavy atom. The lowest BCUT2D eigenvalue weighted by atomic mass is 9.76. The highest BCUT2D eigenvalue weighted by Gasteiger charge is 2.49. The van der Waals surface area contributed by atoms with Gasteiger partial charge in [-0.1, -0.05) is 19.9 Å². The summed E-state index contributed by atoms with van der Waals surface area (Å²) in [4.78, 5) is 28.9. The molecule has 0 saturated heterocycles. The molecular weight excluding hydrogens is 282 g/mol. The number of aromatic nitrogens is 1. The van der Waals surface area contributed by atoms with E-state index in [2.05, 4.69) is 18.8 Å². The maximum absolute atomic E-state index is 12.6. The van der Waals surface area contributed by atoms with E-state index in [4.69, 9.17) is 0 Å². The van der Waals surface area contributed by atoms with Crippen LogP contribution in [0.15, 0.2) is 29.9 Å². The number of carbonyl (C=O) groups is 2. The monoisotopic (exact) mass is 301 g/mol. The van der Waals surface area contributed by atoms with Crippen LogP contribution in [0.3, 0.4) is 0 Å². The van der Waals surface area contributed by atoms with Gasteiger partial charge in [0.2, 0.25) is 5.78 Å². The lowest BCUT2D eigenvalue weighted by Gasteiger charge is -2.25. The van der Waals surface area contributed by atoms with Gasteiger partial charge in [0.1, 0.15) is 5.78 Å². The zero-order valence-corrected chi connectivity index (χ0v) is 13.3. The topological polar surface area (TPSA) is 49.9 Å². The van der Waals surface area contributed by atoms with E-state index in [9.17, 15) is 9.59 Å². The fraction of sp³-hybridized carbons (Fsp3) is 0.412. The van der Waals surface area contributed by atoms with Gasteiger partial charge in [0, 0.05) is 24.4 Å². The molecule has 0 bridgehead atoms. The van der Waals surface area contributed by atoms with Crippen molar-refractivity contribution < 1.29 is 9.59 Å². The van der Waals surface area contributed by atoms with Gasteiger partial charge in [0.25, 0.3) is 0 Å². The third kappa shape index (κ3) is 2.27. The van der Waals surface area contributed by atoms with Crippen LogP contribution >= 0.6 is 11.3 Å². The molecule has 0 spiro atoms. The van der Waals surface area contributed by atoms with Gasteiger partial charge in [-0.3, -0.25) is 9.59 Å². The lowest BCUT2D eigenvalue weighted by Crippen LogP contribution is -2.28. The maximum Gasteiger partial charge on any atom is 0.204 e. The Labute approximate surface area is 128 Å². The van der Waals surface area contributed by atoms with Crippen molar-refractivity contribution in [3.63, 3.8) is 0 Å². The van der Waals surface area contributed by atoms with Gasteiger partial charge in [-0.05, 0) is 35.8 Å². The van der Waals surface area contributed by atoms with E-state index in [1.165, 1.54) is 11.3 Å². The van der Waals surface area contributed by atoms with Gasteiger partial charge in [-0.15, -0.1) is 11.3 Å². The summed E-state index contributed by atoms with van der Waals surface area (Å²) < 4.78 is 0. The second-order valence-corrected chi connectivity index (χ2v) is 7.81. The Bertz CT molecular complexity index is 696. The molecule has 21 heavy (non-hydrogen) atoms. The van der Waals surface area contributed by atoms with Gasteiger partial charge in [-0.25, -0.2) is 0 Å². The summed E-state index contributed by atoms with van der Waals surface area (Å²) >= 11 is 1.43. The minimum atomic E-state index is -0.564. The molecule has 1 N–H and O–H groups in total. The van der Waals surface area contributed by atoms with Crippen molar-refractivity contribution in [2.24, 2.45) is 5.41 Å². The fourth-order valence-electron chi connectivity index (χ4n) is 3.54. The average molecular weight is 301 g/mol. The second-order valence-electron chi connectivity index (χ2n) is 6.86. The van der Waals surface area contributed by atoms with Crippen LogP contribution < -0.4 is 0 Å². The molecule has 3 nitrogen and oxygen atoms in total.